The Balaban J connectivity index is 1.80. The second kappa shape index (κ2) is 7.47. The van der Waals surface area contributed by atoms with Crippen LogP contribution in [0.5, 0.6) is 0 Å². The summed E-state index contributed by atoms with van der Waals surface area (Å²) in [4.78, 5) is 16.5. The van der Waals surface area contributed by atoms with Crippen LogP contribution in [0.1, 0.15) is 16.1 Å². The summed E-state index contributed by atoms with van der Waals surface area (Å²) in [5, 5.41) is 15.5. The first-order valence-corrected chi connectivity index (χ1v) is 7.83. The Labute approximate surface area is 149 Å². The van der Waals surface area contributed by atoms with E-state index in [-0.39, 0.29) is 5.69 Å². The third-order valence-electron chi connectivity index (χ3n) is 3.44. The zero-order valence-corrected chi connectivity index (χ0v) is 13.8. The lowest BCUT2D eigenvalue weighted by Crippen LogP contribution is -2.14. The molecule has 0 radical (unpaired) electrons. The molecule has 3 rings (SSSR count). The lowest BCUT2D eigenvalue weighted by Gasteiger charge is -2.10. The van der Waals surface area contributed by atoms with Gasteiger partial charge >= 0.3 is 0 Å². The maximum Gasteiger partial charge on any atom is 0.274 e. The van der Waals surface area contributed by atoms with Gasteiger partial charge in [0.2, 0.25) is 0 Å². The van der Waals surface area contributed by atoms with Gasteiger partial charge in [-0.25, -0.2) is 0 Å². The van der Waals surface area contributed by atoms with Crippen molar-refractivity contribution in [2.75, 3.05) is 10.6 Å². The van der Waals surface area contributed by atoms with E-state index in [1.54, 1.807) is 42.5 Å². The normalized spacial score (nSPS) is 9.92. The fraction of sp³-hybridized carbons (Fsp3) is 0. The Hall–Kier alpha value is -3.36. The molecule has 1 aromatic heterocycles. The molecule has 25 heavy (non-hydrogen) atoms. The molecule has 2 aromatic carbocycles. The highest BCUT2D eigenvalue weighted by Gasteiger charge is 2.11. The van der Waals surface area contributed by atoms with Crippen molar-refractivity contribution < 1.29 is 4.79 Å². The van der Waals surface area contributed by atoms with Crippen LogP contribution < -0.4 is 10.6 Å². The van der Waals surface area contributed by atoms with Crippen LogP contribution in [0.4, 0.5) is 17.1 Å². The largest absolute Gasteiger partial charge is 0.354 e. The molecule has 2 N–H and O–H groups in total. The Kier molecular flexibility index (Phi) is 4.93. The summed E-state index contributed by atoms with van der Waals surface area (Å²) in [5.74, 6) is -0.398. The lowest BCUT2D eigenvalue weighted by atomic mass is 10.2. The van der Waals surface area contributed by atoms with Gasteiger partial charge in [-0.05, 0) is 36.4 Å². The van der Waals surface area contributed by atoms with Crippen LogP contribution in [0.2, 0.25) is 5.02 Å². The van der Waals surface area contributed by atoms with E-state index in [4.69, 9.17) is 16.9 Å². The quantitative estimate of drug-likeness (QED) is 0.722. The summed E-state index contributed by atoms with van der Waals surface area (Å²) in [6.07, 6.45) is 1.53. The van der Waals surface area contributed by atoms with Crippen LogP contribution in [0.15, 0.2) is 66.9 Å². The zero-order chi connectivity index (χ0) is 17.6. The number of aromatic nitrogens is 1. The van der Waals surface area contributed by atoms with Crippen LogP contribution >= 0.6 is 11.6 Å². The minimum absolute atomic E-state index is 0.227. The predicted octanol–water partition coefficient (Wildman–Crippen LogP) is 4.60. The van der Waals surface area contributed by atoms with Crippen molar-refractivity contribution in [3.05, 3.63) is 83.1 Å². The highest BCUT2D eigenvalue weighted by molar-refractivity contribution is 6.33. The van der Waals surface area contributed by atoms with Crippen molar-refractivity contribution in [2.45, 2.75) is 0 Å². The van der Waals surface area contributed by atoms with E-state index in [0.717, 1.165) is 5.69 Å². The van der Waals surface area contributed by atoms with Crippen LogP contribution in [-0.4, -0.2) is 10.9 Å². The van der Waals surface area contributed by atoms with Gasteiger partial charge in [-0.15, -0.1) is 0 Å². The van der Waals surface area contributed by atoms with Gasteiger partial charge in [-0.3, -0.25) is 9.78 Å². The number of pyridine rings is 1. The number of rotatable bonds is 4. The van der Waals surface area contributed by atoms with E-state index in [0.29, 0.717) is 22.0 Å². The Morgan fingerprint density at radius 1 is 1.04 bits per heavy atom. The maximum absolute atomic E-state index is 12.4. The topological polar surface area (TPSA) is 77.8 Å². The number of para-hydroxylation sites is 2. The van der Waals surface area contributed by atoms with Crippen LogP contribution in [-0.2, 0) is 0 Å². The number of hydrogen-bond acceptors (Lipinski definition) is 4. The molecule has 0 fully saturated rings. The molecule has 0 spiro atoms. The highest BCUT2D eigenvalue weighted by Crippen LogP contribution is 2.25. The standard InChI is InChI=1S/C19H13ClN4O/c20-15-6-2-4-8-17(15)23-14-9-10-22-18(11-14)19(25)24-16-7-3-1-5-13(16)12-21/h1-11H,(H,22,23)(H,24,25). The first kappa shape index (κ1) is 16.5. The third kappa shape index (κ3) is 3.94. The summed E-state index contributed by atoms with van der Waals surface area (Å²) < 4.78 is 0. The van der Waals surface area contributed by atoms with Crippen molar-refractivity contribution in [1.82, 2.24) is 4.98 Å². The molecule has 0 atom stereocenters. The number of nitrogens with one attached hydrogen (secondary N) is 2. The molecule has 122 valence electrons. The van der Waals surface area contributed by atoms with Gasteiger partial charge in [-0.1, -0.05) is 35.9 Å². The zero-order valence-electron chi connectivity index (χ0n) is 13.0. The molecule has 0 saturated heterocycles. The molecule has 0 aliphatic carbocycles. The molecule has 0 saturated carbocycles. The first-order valence-electron chi connectivity index (χ1n) is 7.45. The SMILES string of the molecule is N#Cc1ccccc1NC(=O)c1cc(Nc2ccccc2Cl)ccn1. The fourth-order valence-electron chi connectivity index (χ4n) is 2.23. The van der Waals surface area contributed by atoms with Gasteiger partial charge in [0.1, 0.15) is 11.8 Å². The molecule has 1 amide bonds. The van der Waals surface area contributed by atoms with E-state index in [1.165, 1.54) is 6.20 Å². The molecule has 0 unspecified atom stereocenters. The van der Waals surface area contributed by atoms with Crippen molar-refractivity contribution in [3.8, 4) is 6.07 Å². The van der Waals surface area contributed by atoms with E-state index < -0.39 is 5.91 Å². The number of carbonyl (C=O) groups excluding carboxylic acids is 1. The summed E-state index contributed by atoms with van der Waals surface area (Å²) in [6, 6.07) is 19.5. The van der Waals surface area contributed by atoms with Crippen LogP contribution in [0, 0.1) is 11.3 Å². The molecular weight excluding hydrogens is 336 g/mol. The lowest BCUT2D eigenvalue weighted by molar-refractivity contribution is 0.102. The van der Waals surface area contributed by atoms with Gasteiger partial charge in [0.15, 0.2) is 0 Å². The summed E-state index contributed by atoms with van der Waals surface area (Å²) in [7, 11) is 0. The second-order valence-electron chi connectivity index (χ2n) is 5.15. The summed E-state index contributed by atoms with van der Waals surface area (Å²) in [6.45, 7) is 0. The maximum atomic E-state index is 12.4. The van der Waals surface area contributed by atoms with Gasteiger partial charge in [0, 0.05) is 11.9 Å². The number of carbonyl (C=O) groups is 1. The van der Waals surface area contributed by atoms with Crippen molar-refractivity contribution in [2.24, 2.45) is 0 Å². The third-order valence-corrected chi connectivity index (χ3v) is 3.77. The molecule has 6 heteroatoms. The van der Waals surface area contributed by atoms with Crippen molar-refractivity contribution in [3.63, 3.8) is 0 Å². The Bertz CT molecular complexity index is 965. The first-order chi connectivity index (χ1) is 12.2. The summed E-state index contributed by atoms with van der Waals surface area (Å²) >= 11 is 6.13. The van der Waals surface area contributed by atoms with Crippen LogP contribution in [0.3, 0.4) is 0 Å². The molecule has 3 aromatic rings. The molecular formula is C19H13ClN4O. The van der Waals surface area contributed by atoms with E-state index >= 15 is 0 Å². The smallest absolute Gasteiger partial charge is 0.274 e. The van der Waals surface area contributed by atoms with Gasteiger partial charge in [-0.2, -0.15) is 5.26 Å². The fourth-order valence-corrected chi connectivity index (χ4v) is 2.41. The van der Waals surface area contributed by atoms with E-state index in [9.17, 15) is 4.79 Å². The average Bonchev–Trinajstić information content (AvgIpc) is 2.64. The monoisotopic (exact) mass is 348 g/mol. The minimum atomic E-state index is -0.398. The average molecular weight is 349 g/mol. The number of nitrogens with zero attached hydrogens (tertiary/aromatic N) is 2. The number of anilines is 3. The second-order valence-corrected chi connectivity index (χ2v) is 5.55. The van der Waals surface area contributed by atoms with Gasteiger partial charge in [0.05, 0.1) is 22.0 Å². The number of benzene rings is 2. The Morgan fingerprint density at radius 2 is 1.76 bits per heavy atom. The minimum Gasteiger partial charge on any atom is -0.354 e. The van der Waals surface area contributed by atoms with Crippen molar-refractivity contribution in [1.29, 1.82) is 5.26 Å². The number of halogens is 1. The number of hydrogen-bond donors (Lipinski definition) is 2. The van der Waals surface area contributed by atoms with E-state index in [1.807, 2.05) is 24.3 Å². The van der Waals surface area contributed by atoms with Gasteiger partial charge < -0.3 is 10.6 Å². The highest BCUT2D eigenvalue weighted by atomic mass is 35.5. The molecule has 1 heterocycles. The van der Waals surface area contributed by atoms with E-state index in [2.05, 4.69) is 15.6 Å². The Morgan fingerprint density at radius 3 is 2.52 bits per heavy atom. The summed E-state index contributed by atoms with van der Waals surface area (Å²) in [5.41, 5.74) is 2.48. The molecule has 5 nitrogen and oxygen atoms in total. The van der Waals surface area contributed by atoms with Crippen molar-refractivity contribution >= 4 is 34.6 Å². The molecule has 0 aliphatic heterocycles. The van der Waals surface area contributed by atoms with Gasteiger partial charge in [0.25, 0.3) is 5.91 Å². The van der Waals surface area contributed by atoms with Crippen LogP contribution in [0.25, 0.3) is 0 Å². The predicted molar refractivity (Wildman–Crippen MR) is 98.1 cm³/mol. The number of nitriles is 1. The number of amides is 1. The molecule has 0 aliphatic rings. The molecule has 0 bridgehead atoms.